The Bertz CT molecular complexity index is 232. The maximum atomic E-state index is 12.0. The van der Waals surface area contributed by atoms with Crippen molar-refractivity contribution in [2.24, 2.45) is 5.92 Å². The Morgan fingerprint density at radius 3 is 2.35 bits per heavy atom. The molecule has 1 N–H and O–H groups in total. The second-order valence-electron chi connectivity index (χ2n) is 5.93. The molecule has 1 fully saturated rings. The van der Waals surface area contributed by atoms with E-state index in [0.717, 1.165) is 6.42 Å². The van der Waals surface area contributed by atoms with Crippen molar-refractivity contribution in [3.8, 4) is 0 Å². The molecule has 1 rings (SSSR count). The Kier molecular flexibility index (Phi) is 6.32. The zero-order valence-corrected chi connectivity index (χ0v) is 12.0. The third-order valence-electron chi connectivity index (χ3n) is 3.65. The molecule has 2 nitrogen and oxygen atoms in total. The number of hydrogen-bond donors (Lipinski definition) is 1. The van der Waals surface area contributed by atoms with Gasteiger partial charge in [-0.3, -0.25) is 4.79 Å². The SMILES string of the molecule is CC(C)(CCCl)NC(=O)CC1CCCCCC1. The highest BCUT2D eigenvalue weighted by Gasteiger charge is 2.22. The molecular formula is C14H26ClNO. The molecule has 0 heterocycles. The Hall–Kier alpha value is -0.240. The third-order valence-corrected chi connectivity index (χ3v) is 3.84. The molecule has 1 amide bonds. The van der Waals surface area contributed by atoms with Crippen LogP contribution in [0.25, 0.3) is 0 Å². The fourth-order valence-electron chi connectivity index (χ4n) is 2.56. The van der Waals surface area contributed by atoms with Crippen LogP contribution in [0.5, 0.6) is 0 Å². The van der Waals surface area contributed by atoms with E-state index >= 15 is 0 Å². The Labute approximate surface area is 110 Å². The molecule has 0 aliphatic heterocycles. The molecule has 0 aromatic heterocycles. The van der Waals surface area contributed by atoms with Crippen LogP contribution < -0.4 is 5.32 Å². The fourth-order valence-corrected chi connectivity index (χ4v) is 3.03. The summed E-state index contributed by atoms with van der Waals surface area (Å²) in [6, 6.07) is 0. The summed E-state index contributed by atoms with van der Waals surface area (Å²) in [6.07, 6.45) is 9.25. The molecule has 0 radical (unpaired) electrons. The number of hydrogen-bond acceptors (Lipinski definition) is 1. The van der Waals surface area contributed by atoms with E-state index in [1.54, 1.807) is 0 Å². The first-order valence-electron chi connectivity index (χ1n) is 6.90. The highest BCUT2D eigenvalue weighted by Crippen LogP contribution is 2.25. The van der Waals surface area contributed by atoms with E-state index in [-0.39, 0.29) is 11.4 Å². The number of carbonyl (C=O) groups excluding carboxylic acids is 1. The van der Waals surface area contributed by atoms with E-state index in [0.29, 0.717) is 18.2 Å². The van der Waals surface area contributed by atoms with Crippen molar-refractivity contribution in [3.63, 3.8) is 0 Å². The summed E-state index contributed by atoms with van der Waals surface area (Å²) in [5, 5.41) is 3.10. The molecule has 3 heteroatoms. The predicted molar refractivity (Wildman–Crippen MR) is 73.4 cm³/mol. The minimum Gasteiger partial charge on any atom is -0.351 e. The lowest BCUT2D eigenvalue weighted by Crippen LogP contribution is -2.44. The van der Waals surface area contributed by atoms with Gasteiger partial charge in [-0.25, -0.2) is 0 Å². The van der Waals surface area contributed by atoms with Crippen LogP contribution in [-0.2, 0) is 4.79 Å². The number of halogens is 1. The lowest BCUT2D eigenvalue weighted by Gasteiger charge is -2.26. The zero-order valence-electron chi connectivity index (χ0n) is 11.2. The fraction of sp³-hybridized carbons (Fsp3) is 0.929. The van der Waals surface area contributed by atoms with Crippen molar-refractivity contribution < 1.29 is 4.79 Å². The molecular weight excluding hydrogens is 234 g/mol. The van der Waals surface area contributed by atoms with Crippen LogP contribution in [-0.4, -0.2) is 17.3 Å². The summed E-state index contributed by atoms with van der Waals surface area (Å²) in [4.78, 5) is 12.0. The summed E-state index contributed by atoms with van der Waals surface area (Å²) < 4.78 is 0. The summed E-state index contributed by atoms with van der Waals surface area (Å²) in [6.45, 7) is 4.08. The third kappa shape index (κ3) is 6.30. The summed E-state index contributed by atoms with van der Waals surface area (Å²) >= 11 is 5.73. The summed E-state index contributed by atoms with van der Waals surface area (Å²) in [5.74, 6) is 1.40. The second-order valence-corrected chi connectivity index (χ2v) is 6.31. The first kappa shape index (κ1) is 14.8. The van der Waals surface area contributed by atoms with Gasteiger partial charge in [0, 0.05) is 17.8 Å². The zero-order chi connectivity index (χ0) is 12.7. The van der Waals surface area contributed by atoms with E-state index in [1.165, 1.54) is 38.5 Å². The first-order chi connectivity index (χ1) is 8.03. The van der Waals surface area contributed by atoms with Gasteiger partial charge < -0.3 is 5.32 Å². The van der Waals surface area contributed by atoms with Crippen LogP contribution in [0.4, 0.5) is 0 Å². The lowest BCUT2D eigenvalue weighted by molar-refractivity contribution is -0.123. The Morgan fingerprint density at radius 1 is 1.24 bits per heavy atom. The maximum Gasteiger partial charge on any atom is 0.220 e. The van der Waals surface area contributed by atoms with E-state index in [4.69, 9.17) is 11.6 Å². The van der Waals surface area contributed by atoms with Crippen molar-refractivity contribution in [3.05, 3.63) is 0 Å². The molecule has 0 saturated heterocycles. The number of nitrogens with one attached hydrogen (secondary N) is 1. The minimum atomic E-state index is -0.163. The predicted octanol–water partition coefficient (Wildman–Crippen LogP) is 3.87. The smallest absolute Gasteiger partial charge is 0.220 e. The highest BCUT2D eigenvalue weighted by molar-refractivity contribution is 6.17. The second kappa shape index (κ2) is 7.25. The van der Waals surface area contributed by atoms with Gasteiger partial charge >= 0.3 is 0 Å². The van der Waals surface area contributed by atoms with Crippen molar-refractivity contribution in [2.75, 3.05) is 5.88 Å². The van der Waals surface area contributed by atoms with E-state index in [1.807, 2.05) is 13.8 Å². The normalized spacial score (nSPS) is 18.8. The molecule has 0 aromatic rings. The number of amides is 1. The molecule has 17 heavy (non-hydrogen) atoms. The van der Waals surface area contributed by atoms with Gasteiger partial charge in [0.1, 0.15) is 0 Å². The largest absolute Gasteiger partial charge is 0.351 e. The molecule has 100 valence electrons. The van der Waals surface area contributed by atoms with Crippen LogP contribution in [0.15, 0.2) is 0 Å². The molecule has 1 aliphatic rings. The number of rotatable bonds is 5. The van der Waals surface area contributed by atoms with Gasteiger partial charge in [0.05, 0.1) is 0 Å². The topological polar surface area (TPSA) is 29.1 Å². The molecule has 0 unspecified atom stereocenters. The number of carbonyl (C=O) groups is 1. The average Bonchev–Trinajstić information content (AvgIpc) is 2.44. The van der Waals surface area contributed by atoms with Crippen LogP contribution in [0.1, 0.15) is 65.2 Å². The van der Waals surface area contributed by atoms with Gasteiger partial charge in [0.2, 0.25) is 5.91 Å². The Balaban J connectivity index is 2.32. The van der Waals surface area contributed by atoms with Crippen molar-refractivity contribution in [1.29, 1.82) is 0 Å². The molecule has 0 atom stereocenters. The monoisotopic (exact) mass is 259 g/mol. The van der Waals surface area contributed by atoms with Gasteiger partial charge in [-0.1, -0.05) is 25.7 Å². The molecule has 0 spiro atoms. The Morgan fingerprint density at radius 2 is 1.82 bits per heavy atom. The molecule has 0 bridgehead atoms. The first-order valence-corrected chi connectivity index (χ1v) is 7.44. The summed E-state index contributed by atoms with van der Waals surface area (Å²) in [5.41, 5.74) is -0.163. The molecule has 1 saturated carbocycles. The van der Waals surface area contributed by atoms with Crippen LogP contribution in [0.2, 0.25) is 0 Å². The van der Waals surface area contributed by atoms with Gasteiger partial charge in [-0.05, 0) is 39.0 Å². The van der Waals surface area contributed by atoms with Gasteiger partial charge in [-0.15, -0.1) is 11.6 Å². The lowest BCUT2D eigenvalue weighted by atomic mass is 9.95. The number of alkyl halides is 1. The molecule has 1 aliphatic carbocycles. The van der Waals surface area contributed by atoms with Crippen molar-refractivity contribution in [1.82, 2.24) is 5.32 Å². The van der Waals surface area contributed by atoms with Gasteiger partial charge in [0.15, 0.2) is 0 Å². The average molecular weight is 260 g/mol. The van der Waals surface area contributed by atoms with Crippen LogP contribution in [0, 0.1) is 5.92 Å². The molecule has 0 aromatic carbocycles. The van der Waals surface area contributed by atoms with Crippen molar-refractivity contribution >= 4 is 17.5 Å². The van der Waals surface area contributed by atoms with E-state index in [2.05, 4.69) is 5.32 Å². The van der Waals surface area contributed by atoms with Crippen LogP contribution in [0.3, 0.4) is 0 Å². The minimum absolute atomic E-state index is 0.163. The standard InChI is InChI=1S/C14H26ClNO/c1-14(2,9-10-15)16-13(17)11-12-7-5-3-4-6-8-12/h12H,3-11H2,1-2H3,(H,16,17). The van der Waals surface area contributed by atoms with Crippen molar-refractivity contribution in [2.45, 2.75) is 70.8 Å². The van der Waals surface area contributed by atoms with Gasteiger partial charge in [0.25, 0.3) is 0 Å². The summed E-state index contributed by atoms with van der Waals surface area (Å²) in [7, 11) is 0. The quantitative estimate of drug-likeness (QED) is 0.589. The van der Waals surface area contributed by atoms with E-state index in [9.17, 15) is 4.79 Å². The highest BCUT2D eigenvalue weighted by atomic mass is 35.5. The van der Waals surface area contributed by atoms with Crippen LogP contribution >= 0.6 is 11.6 Å². The maximum absolute atomic E-state index is 12.0. The van der Waals surface area contributed by atoms with Gasteiger partial charge in [-0.2, -0.15) is 0 Å². The van der Waals surface area contributed by atoms with E-state index < -0.39 is 0 Å².